The third-order valence-corrected chi connectivity index (χ3v) is 8.65. The zero-order valence-corrected chi connectivity index (χ0v) is 14.3. The molecule has 1 N–H and O–H groups in total. The molecule has 0 saturated heterocycles. The Balaban J connectivity index is 1.61. The van der Waals surface area contributed by atoms with Crippen molar-refractivity contribution >= 4 is 5.78 Å². The summed E-state index contributed by atoms with van der Waals surface area (Å²) >= 11 is 0. The van der Waals surface area contributed by atoms with Gasteiger partial charge < -0.3 is 5.11 Å². The molecule has 4 aliphatic carbocycles. The molecule has 4 fully saturated rings. The second-order valence-electron chi connectivity index (χ2n) is 9.02. The van der Waals surface area contributed by atoms with Crippen molar-refractivity contribution in [1.82, 2.24) is 0 Å². The van der Waals surface area contributed by atoms with Crippen LogP contribution in [0.15, 0.2) is 0 Å². The van der Waals surface area contributed by atoms with Gasteiger partial charge in [-0.2, -0.15) is 0 Å². The summed E-state index contributed by atoms with van der Waals surface area (Å²) in [6, 6.07) is 0. The summed E-state index contributed by atoms with van der Waals surface area (Å²) < 4.78 is 0. The average Bonchev–Trinajstić information content (AvgIpc) is 2.80. The summed E-state index contributed by atoms with van der Waals surface area (Å²) in [7, 11) is 0. The van der Waals surface area contributed by atoms with E-state index in [1.54, 1.807) is 0 Å². The highest BCUT2D eigenvalue weighted by Gasteiger charge is 2.62. The number of aliphatic hydroxyl groups is 1. The fourth-order valence-corrected chi connectivity index (χ4v) is 7.35. The van der Waals surface area contributed by atoms with Crippen molar-refractivity contribution in [3.63, 3.8) is 0 Å². The number of hydrogen-bond donors (Lipinski definition) is 1. The summed E-state index contributed by atoms with van der Waals surface area (Å²) in [6.07, 6.45) is 11.2. The Labute approximate surface area is 135 Å². The lowest BCUT2D eigenvalue weighted by atomic mass is 9.49. The Morgan fingerprint density at radius 2 is 1.86 bits per heavy atom. The molecule has 2 heteroatoms. The zero-order valence-electron chi connectivity index (χ0n) is 14.3. The Morgan fingerprint density at radius 1 is 1.05 bits per heavy atom. The molecule has 0 aromatic carbocycles. The highest BCUT2D eigenvalue weighted by molar-refractivity contribution is 5.82. The van der Waals surface area contributed by atoms with Crippen LogP contribution in [-0.4, -0.2) is 16.5 Å². The van der Waals surface area contributed by atoms with Crippen molar-refractivity contribution < 1.29 is 9.90 Å². The van der Waals surface area contributed by atoms with Crippen molar-refractivity contribution in [2.45, 2.75) is 83.7 Å². The summed E-state index contributed by atoms with van der Waals surface area (Å²) in [6.45, 7) is 4.54. The number of ketones is 1. The third kappa shape index (κ3) is 1.85. The summed E-state index contributed by atoms with van der Waals surface area (Å²) in [5.41, 5.74) is -0.295. The second kappa shape index (κ2) is 5.06. The van der Waals surface area contributed by atoms with Gasteiger partial charge in [0, 0.05) is 12.3 Å². The van der Waals surface area contributed by atoms with Crippen LogP contribution >= 0.6 is 0 Å². The maximum absolute atomic E-state index is 12.3. The van der Waals surface area contributed by atoms with E-state index in [0.717, 1.165) is 43.9 Å². The number of Topliss-reactive ketones (excluding diaryl/α,β-unsaturated/α-hetero) is 1. The maximum Gasteiger partial charge on any atom is 0.136 e. The number of hydrogen-bond acceptors (Lipinski definition) is 2. The highest BCUT2D eigenvalue weighted by Crippen LogP contribution is 2.65. The first kappa shape index (κ1) is 15.2. The fraction of sp³-hybridized carbons (Fsp3) is 0.950. The van der Waals surface area contributed by atoms with E-state index < -0.39 is 5.60 Å². The van der Waals surface area contributed by atoms with E-state index in [1.807, 2.05) is 0 Å². The van der Waals surface area contributed by atoms with E-state index >= 15 is 0 Å². The number of carbonyl (C=O) groups excluding carboxylic acids is 1. The predicted octanol–water partition coefficient (Wildman–Crippen LogP) is 4.35. The van der Waals surface area contributed by atoms with Crippen LogP contribution in [0.2, 0.25) is 0 Å². The Kier molecular flexibility index (Phi) is 3.49. The van der Waals surface area contributed by atoms with Crippen LogP contribution in [0.3, 0.4) is 0 Å². The molecule has 4 aliphatic rings. The fourth-order valence-electron chi connectivity index (χ4n) is 7.35. The Hall–Kier alpha value is -0.370. The SMILES string of the molecule is CC[C@]1(O)CCC2C3CC[C@@H]4C(=O)CCCC4C3CCC21C. The minimum Gasteiger partial charge on any atom is -0.389 e. The van der Waals surface area contributed by atoms with Gasteiger partial charge in [0.05, 0.1) is 5.60 Å². The normalized spacial score (nSPS) is 54.5. The topological polar surface area (TPSA) is 37.3 Å². The molecule has 0 aromatic heterocycles. The van der Waals surface area contributed by atoms with Gasteiger partial charge >= 0.3 is 0 Å². The van der Waals surface area contributed by atoms with E-state index in [1.165, 1.54) is 32.1 Å². The van der Waals surface area contributed by atoms with Crippen LogP contribution in [0.4, 0.5) is 0 Å². The molecule has 0 aliphatic heterocycles. The molecular weight excluding hydrogens is 272 g/mol. The van der Waals surface area contributed by atoms with E-state index in [9.17, 15) is 9.90 Å². The van der Waals surface area contributed by atoms with Crippen LogP contribution in [0.5, 0.6) is 0 Å². The van der Waals surface area contributed by atoms with Gasteiger partial charge in [0.15, 0.2) is 0 Å². The van der Waals surface area contributed by atoms with Crippen LogP contribution in [-0.2, 0) is 4.79 Å². The summed E-state index contributed by atoms with van der Waals surface area (Å²) in [5, 5.41) is 11.2. The molecule has 22 heavy (non-hydrogen) atoms. The molecular formula is C20H32O2. The van der Waals surface area contributed by atoms with Crippen molar-refractivity contribution in [2.24, 2.45) is 35.0 Å². The molecule has 0 radical (unpaired) electrons. The molecule has 7 atom stereocenters. The molecule has 0 amide bonds. The second-order valence-corrected chi connectivity index (χ2v) is 9.02. The van der Waals surface area contributed by atoms with Gasteiger partial charge in [-0.15, -0.1) is 0 Å². The van der Waals surface area contributed by atoms with Gasteiger partial charge in [-0.3, -0.25) is 4.79 Å². The van der Waals surface area contributed by atoms with Crippen LogP contribution < -0.4 is 0 Å². The van der Waals surface area contributed by atoms with E-state index in [0.29, 0.717) is 23.5 Å². The number of rotatable bonds is 1. The lowest BCUT2D eigenvalue weighted by molar-refractivity contribution is -0.145. The molecule has 2 nitrogen and oxygen atoms in total. The van der Waals surface area contributed by atoms with Crippen LogP contribution in [0.25, 0.3) is 0 Å². The van der Waals surface area contributed by atoms with E-state index in [4.69, 9.17) is 0 Å². The van der Waals surface area contributed by atoms with Crippen LogP contribution in [0, 0.1) is 35.0 Å². The lowest BCUT2D eigenvalue weighted by Crippen LogP contribution is -2.53. The quantitative estimate of drug-likeness (QED) is 0.782. The average molecular weight is 304 g/mol. The monoisotopic (exact) mass is 304 g/mol. The first-order chi connectivity index (χ1) is 10.5. The van der Waals surface area contributed by atoms with Gasteiger partial charge in [0.1, 0.15) is 5.78 Å². The van der Waals surface area contributed by atoms with Gasteiger partial charge in [0.2, 0.25) is 0 Å². The van der Waals surface area contributed by atoms with Gasteiger partial charge in [0.25, 0.3) is 0 Å². The standard InChI is InChI=1S/C20H32O2/c1-3-20(22)12-10-17-15-7-8-16-13(5-4-6-18(16)21)14(15)9-11-19(17,20)2/h13-17,22H,3-12H2,1-2H3/t13?,14?,15?,16-,17?,19?,20-/m0/s1. The Bertz CT molecular complexity index is 472. The van der Waals surface area contributed by atoms with Crippen molar-refractivity contribution in [2.75, 3.05) is 0 Å². The predicted molar refractivity (Wildman–Crippen MR) is 87.4 cm³/mol. The van der Waals surface area contributed by atoms with Gasteiger partial charge in [-0.05, 0) is 86.9 Å². The van der Waals surface area contributed by atoms with Crippen molar-refractivity contribution in [1.29, 1.82) is 0 Å². The summed E-state index contributed by atoms with van der Waals surface area (Å²) in [4.78, 5) is 12.3. The summed E-state index contributed by atoms with van der Waals surface area (Å²) in [5.74, 6) is 3.91. The van der Waals surface area contributed by atoms with Crippen LogP contribution in [0.1, 0.15) is 78.1 Å². The zero-order chi connectivity index (χ0) is 15.5. The Morgan fingerprint density at radius 3 is 2.64 bits per heavy atom. The van der Waals surface area contributed by atoms with Crippen molar-refractivity contribution in [3.8, 4) is 0 Å². The molecule has 0 spiro atoms. The van der Waals surface area contributed by atoms with Gasteiger partial charge in [-0.1, -0.05) is 13.8 Å². The minimum absolute atomic E-state index is 0.133. The number of carbonyl (C=O) groups is 1. The van der Waals surface area contributed by atoms with Crippen molar-refractivity contribution in [3.05, 3.63) is 0 Å². The molecule has 4 rings (SSSR count). The maximum atomic E-state index is 12.3. The third-order valence-electron chi connectivity index (χ3n) is 8.65. The lowest BCUT2D eigenvalue weighted by Gasteiger charge is -2.56. The molecule has 124 valence electrons. The highest BCUT2D eigenvalue weighted by atomic mass is 16.3. The smallest absolute Gasteiger partial charge is 0.136 e. The molecule has 0 bridgehead atoms. The molecule has 0 aromatic rings. The van der Waals surface area contributed by atoms with E-state index in [2.05, 4.69) is 13.8 Å². The first-order valence-corrected chi connectivity index (χ1v) is 9.75. The first-order valence-electron chi connectivity index (χ1n) is 9.75. The number of fused-ring (bicyclic) bond motifs is 5. The van der Waals surface area contributed by atoms with E-state index in [-0.39, 0.29) is 5.41 Å². The molecule has 5 unspecified atom stereocenters. The largest absolute Gasteiger partial charge is 0.389 e. The molecule has 4 saturated carbocycles. The van der Waals surface area contributed by atoms with Gasteiger partial charge in [-0.25, -0.2) is 0 Å². The molecule has 0 heterocycles. The minimum atomic E-state index is -0.429.